The molecule has 0 aliphatic carbocycles. The van der Waals surface area contributed by atoms with Crippen LogP contribution in [0.3, 0.4) is 0 Å². The van der Waals surface area contributed by atoms with Crippen molar-refractivity contribution in [2.45, 2.75) is 13.8 Å². The number of carbonyl (C=O) groups excluding carboxylic acids is 2. The first-order valence-corrected chi connectivity index (χ1v) is 9.34. The normalized spacial score (nSPS) is 13.9. The molecule has 0 saturated heterocycles. The van der Waals surface area contributed by atoms with Crippen LogP contribution in [0, 0.1) is 25.5 Å². The Hall–Kier alpha value is -3.80. The number of nitrogens with zero attached hydrogens (tertiary/aromatic N) is 1. The molecule has 1 aliphatic rings. The van der Waals surface area contributed by atoms with Crippen molar-refractivity contribution >= 4 is 28.8 Å². The lowest BCUT2D eigenvalue weighted by atomic mass is 10.0. The first-order valence-electron chi connectivity index (χ1n) is 9.34. The zero-order valence-corrected chi connectivity index (χ0v) is 16.4. The molecule has 0 atom stereocenters. The molecule has 0 saturated carbocycles. The molecule has 2 amide bonds. The van der Waals surface area contributed by atoms with Crippen LogP contribution in [-0.2, 0) is 9.59 Å². The Morgan fingerprint density at radius 2 is 1.53 bits per heavy atom. The molecule has 0 spiro atoms. The summed E-state index contributed by atoms with van der Waals surface area (Å²) in [5.74, 6) is -2.02. The van der Waals surface area contributed by atoms with Crippen molar-refractivity contribution in [3.63, 3.8) is 0 Å². The molecule has 1 N–H and O–H groups in total. The molecule has 4 rings (SSSR count). The van der Waals surface area contributed by atoms with Crippen molar-refractivity contribution in [3.8, 4) is 0 Å². The highest BCUT2D eigenvalue weighted by Gasteiger charge is 2.40. The number of hydrogen-bond acceptors (Lipinski definition) is 3. The summed E-state index contributed by atoms with van der Waals surface area (Å²) in [6.45, 7) is 3.68. The van der Waals surface area contributed by atoms with Gasteiger partial charge in [-0.3, -0.25) is 9.59 Å². The maximum Gasteiger partial charge on any atom is 0.282 e. The van der Waals surface area contributed by atoms with Crippen LogP contribution in [0.25, 0.3) is 5.57 Å². The lowest BCUT2D eigenvalue weighted by molar-refractivity contribution is -0.120. The van der Waals surface area contributed by atoms with Crippen molar-refractivity contribution in [3.05, 3.63) is 101 Å². The number of nitrogens with one attached hydrogen (secondary N) is 1. The third-order valence-corrected chi connectivity index (χ3v) is 4.92. The van der Waals surface area contributed by atoms with E-state index in [1.54, 1.807) is 12.1 Å². The van der Waals surface area contributed by atoms with Crippen LogP contribution in [0.5, 0.6) is 0 Å². The van der Waals surface area contributed by atoms with Gasteiger partial charge >= 0.3 is 0 Å². The van der Waals surface area contributed by atoms with E-state index in [1.165, 1.54) is 42.5 Å². The summed E-state index contributed by atoms with van der Waals surface area (Å²) in [7, 11) is 0. The van der Waals surface area contributed by atoms with Crippen molar-refractivity contribution in [1.29, 1.82) is 0 Å². The first-order chi connectivity index (χ1) is 14.3. The van der Waals surface area contributed by atoms with Crippen molar-refractivity contribution < 1.29 is 18.4 Å². The van der Waals surface area contributed by atoms with Crippen molar-refractivity contribution in [2.75, 3.05) is 10.2 Å². The Morgan fingerprint density at radius 1 is 0.800 bits per heavy atom. The van der Waals surface area contributed by atoms with E-state index in [4.69, 9.17) is 0 Å². The lowest BCUT2D eigenvalue weighted by Gasteiger charge is -2.18. The molecule has 30 heavy (non-hydrogen) atoms. The summed E-state index contributed by atoms with van der Waals surface area (Å²) in [5.41, 5.74) is 2.96. The monoisotopic (exact) mass is 404 g/mol. The fraction of sp³-hybridized carbons (Fsp3) is 0.0833. The second-order valence-corrected chi connectivity index (χ2v) is 7.13. The van der Waals surface area contributed by atoms with E-state index in [9.17, 15) is 18.4 Å². The van der Waals surface area contributed by atoms with Gasteiger partial charge in [-0.25, -0.2) is 13.7 Å². The second-order valence-electron chi connectivity index (χ2n) is 7.13. The largest absolute Gasteiger partial charge is 0.350 e. The van der Waals surface area contributed by atoms with Crippen LogP contribution >= 0.6 is 0 Å². The zero-order valence-electron chi connectivity index (χ0n) is 16.4. The molecule has 0 radical (unpaired) electrons. The van der Waals surface area contributed by atoms with Gasteiger partial charge in [0.15, 0.2) is 0 Å². The van der Waals surface area contributed by atoms with Gasteiger partial charge in [0.05, 0.1) is 11.3 Å². The maximum atomic E-state index is 13.7. The molecular formula is C24H18F2N2O2. The van der Waals surface area contributed by atoms with E-state index in [-0.39, 0.29) is 11.3 Å². The van der Waals surface area contributed by atoms with Crippen LogP contribution in [0.4, 0.5) is 20.2 Å². The molecule has 1 aliphatic heterocycles. The van der Waals surface area contributed by atoms with Crippen LogP contribution < -0.4 is 10.2 Å². The van der Waals surface area contributed by atoms with Gasteiger partial charge in [-0.15, -0.1) is 0 Å². The van der Waals surface area contributed by atoms with Crippen LogP contribution in [0.2, 0.25) is 0 Å². The Labute approximate surface area is 172 Å². The molecule has 0 bridgehead atoms. The molecule has 3 aromatic rings. The van der Waals surface area contributed by atoms with Crippen molar-refractivity contribution in [1.82, 2.24) is 0 Å². The number of hydrogen-bond donors (Lipinski definition) is 1. The molecule has 3 aromatic carbocycles. The molecule has 150 valence electrons. The van der Waals surface area contributed by atoms with E-state index in [0.29, 0.717) is 16.9 Å². The average Bonchev–Trinajstić information content (AvgIpc) is 2.94. The fourth-order valence-electron chi connectivity index (χ4n) is 3.42. The molecule has 0 aromatic heterocycles. The minimum atomic E-state index is -0.558. The van der Waals surface area contributed by atoms with Gasteiger partial charge in [0.2, 0.25) is 0 Å². The summed E-state index contributed by atoms with van der Waals surface area (Å²) < 4.78 is 27.1. The van der Waals surface area contributed by atoms with Gasteiger partial charge < -0.3 is 5.32 Å². The van der Waals surface area contributed by atoms with Gasteiger partial charge in [0, 0.05) is 5.69 Å². The number of anilines is 2. The summed E-state index contributed by atoms with van der Waals surface area (Å²) >= 11 is 0. The van der Waals surface area contributed by atoms with E-state index < -0.39 is 23.4 Å². The van der Waals surface area contributed by atoms with Gasteiger partial charge in [0.25, 0.3) is 11.8 Å². The molecule has 0 fully saturated rings. The van der Waals surface area contributed by atoms with E-state index in [1.807, 2.05) is 26.0 Å². The van der Waals surface area contributed by atoms with Gasteiger partial charge in [-0.05, 0) is 66.9 Å². The number of rotatable bonds is 4. The fourth-order valence-corrected chi connectivity index (χ4v) is 3.42. The number of amides is 2. The standard InChI is InChI=1S/C24H18F2N2O2/c1-14-6-7-15(2)20(12-14)28-23(29)21(16-8-10-17(25)11-9-16)22(24(28)30)27-19-5-3-4-18(26)13-19/h3-13,27H,1-2H3. The average molecular weight is 404 g/mol. The van der Waals surface area contributed by atoms with Crippen molar-refractivity contribution in [2.24, 2.45) is 0 Å². The quantitative estimate of drug-likeness (QED) is 0.624. The highest BCUT2D eigenvalue weighted by Crippen LogP contribution is 2.35. The third kappa shape index (κ3) is 3.48. The predicted molar refractivity (Wildman–Crippen MR) is 112 cm³/mol. The SMILES string of the molecule is Cc1ccc(C)c(N2C(=O)C(Nc3cccc(F)c3)=C(c3ccc(F)cc3)C2=O)c1. The zero-order chi connectivity index (χ0) is 21.4. The highest BCUT2D eigenvalue weighted by atomic mass is 19.1. The van der Waals surface area contributed by atoms with E-state index in [2.05, 4.69) is 5.32 Å². The first kappa shape index (κ1) is 19.5. The Morgan fingerprint density at radius 3 is 2.23 bits per heavy atom. The summed E-state index contributed by atoms with van der Waals surface area (Å²) in [4.78, 5) is 27.8. The number of carbonyl (C=O) groups is 2. The topological polar surface area (TPSA) is 49.4 Å². The molecule has 6 heteroatoms. The smallest absolute Gasteiger partial charge is 0.282 e. The van der Waals surface area contributed by atoms with E-state index >= 15 is 0 Å². The number of benzene rings is 3. The van der Waals surface area contributed by atoms with Crippen LogP contribution in [0.15, 0.2) is 72.4 Å². The third-order valence-electron chi connectivity index (χ3n) is 4.92. The highest BCUT2D eigenvalue weighted by molar-refractivity contribution is 6.46. The second kappa shape index (κ2) is 7.55. The van der Waals surface area contributed by atoms with Gasteiger partial charge in [0.1, 0.15) is 17.3 Å². The predicted octanol–water partition coefficient (Wildman–Crippen LogP) is 4.98. The minimum Gasteiger partial charge on any atom is -0.350 e. The van der Waals surface area contributed by atoms with Gasteiger partial charge in [-0.1, -0.05) is 30.3 Å². The minimum absolute atomic E-state index is 0.0121. The molecule has 1 heterocycles. The Bertz CT molecular complexity index is 1200. The van der Waals surface area contributed by atoms with E-state index in [0.717, 1.165) is 16.0 Å². The number of aryl methyl sites for hydroxylation is 2. The molecular weight excluding hydrogens is 386 g/mol. The Balaban J connectivity index is 1.86. The van der Waals surface area contributed by atoms with Crippen LogP contribution in [-0.4, -0.2) is 11.8 Å². The lowest BCUT2D eigenvalue weighted by Crippen LogP contribution is -2.33. The molecule has 4 nitrogen and oxygen atoms in total. The summed E-state index contributed by atoms with van der Waals surface area (Å²) in [5, 5.41) is 2.89. The summed E-state index contributed by atoms with van der Waals surface area (Å²) in [6.07, 6.45) is 0. The number of halogens is 2. The van der Waals surface area contributed by atoms with Gasteiger partial charge in [-0.2, -0.15) is 0 Å². The van der Waals surface area contributed by atoms with Crippen LogP contribution in [0.1, 0.15) is 16.7 Å². The maximum absolute atomic E-state index is 13.7. The summed E-state index contributed by atoms with van der Waals surface area (Å²) in [6, 6.07) is 16.4. The Kier molecular flexibility index (Phi) is 4.91. The molecule has 0 unspecified atom stereocenters. The number of imide groups is 1.